The molecule has 0 saturated carbocycles. The van der Waals surface area contributed by atoms with Crippen molar-refractivity contribution in [3.63, 3.8) is 0 Å². The molecule has 2 heterocycles. The highest BCUT2D eigenvalue weighted by Gasteiger charge is 2.10. The van der Waals surface area contributed by atoms with Crippen LogP contribution in [0.4, 0.5) is 5.69 Å². The SMILES string of the molecule is COC(=O)CCC(=O)Nc1cccc(-c2nnc3ccccn23)c1. The first-order chi connectivity index (χ1) is 11.7. The molecule has 0 aliphatic heterocycles. The number of ether oxygens (including phenoxy) is 1. The Morgan fingerprint density at radius 2 is 2.00 bits per heavy atom. The van der Waals surface area contributed by atoms with Gasteiger partial charge >= 0.3 is 5.97 Å². The Hall–Kier alpha value is -3.22. The number of esters is 1. The molecule has 3 aromatic rings. The van der Waals surface area contributed by atoms with Crippen LogP contribution in [0.3, 0.4) is 0 Å². The molecule has 0 aliphatic rings. The highest BCUT2D eigenvalue weighted by atomic mass is 16.5. The number of hydrogen-bond donors (Lipinski definition) is 1. The smallest absolute Gasteiger partial charge is 0.306 e. The van der Waals surface area contributed by atoms with Crippen molar-refractivity contribution in [1.29, 1.82) is 0 Å². The van der Waals surface area contributed by atoms with E-state index in [0.717, 1.165) is 11.2 Å². The summed E-state index contributed by atoms with van der Waals surface area (Å²) < 4.78 is 6.40. The zero-order chi connectivity index (χ0) is 16.9. The Bertz CT molecular complexity index is 888. The zero-order valence-electron chi connectivity index (χ0n) is 13.1. The molecule has 0 spiro atoms. The Morgan fingerprint density at radius 3 is 2.83 bits per heavy atom. The number of methoxy groups -OCH3 is 1. The average Bonchev–Trinajstić information content (AvgIpc) is 3.04. The van der Waals surface area contributed by atoms with Gasteiger partial charge in [0.05, 0.1) is 13.5 Å². The summed E-state index contributed by atoms with van der Waals surface area (Å²) >= 11 is 0. The average molecular weight is 324 g/mol. The maximum atomic E-state index is 11.9. The van der Waals surface area contributed by atoms with Crippen molar-refractivity contribution in [2.24, 2.45) is 0 Å². The van der Waals surface area contributed by atoms with Crippen LogP contribution >= 0.6 is 0 Å². The van der Waals surface area contributed by atoms with Crippen molar-refractivity contribution < 1.29 is 14.3 Å². The molecule has 0 bridgehead atoms. The van der Waals surface area contributed by atoms with Gasteiger partial charge in [0.15, 0.2) is 11.5 Å². The molecule has 2 aromatic heterocycles. The van der Waals surface area contributed by atoms with Gasteiger partial charge in [-0.05, 0) is 24.3 Å². The second-order valence-corrected chi connectivity index (χ2v) is 5.16. The minimum Gasteiger partial charge on any atom is -0.469 e. The molecule has 3 rings (SSSR count). The van der Waals surface area contributed by atoms with Crippen LogP contribution < -0.4 is 5.32 Å². The quantitative estimate of drug-likeness (QED) is 0.728. The molecule has 24 heavy (non-hydrogen) atoms. The first-order valence-electron chi connectivity index (χ1n) is 7.44. The van der Waals surface area contributed by atoms with E-state index in [1.807, 2.05) is 47.0 Å². The fourth-order valence-electron chi connectivity index (χ4n) is 2.32. The van der Waals surface area contributed by atoms with E-state index in [1.54, 1.807) is 6.07 Å². The summed E-state index contributed by atoms with van der Waals surface area (Å²) in [6, 6.07) is 13.0. The third-order valence-electron chi connectivity index (χ3n) is 3.50. The molecule has 0 atom stereocenters. The summed E-state index contributed by atoms with van der Waals surface area (Å²) in [6.45, 7) is 0. The van der Waals surface area contributed by atoms with Crippen LogP contribution in [0.1, 0.15) is 12.8 Å². The number of rotatable bonds is 5. The molecule has 0 fully saturated rings. The Balaban J connectivity index is 1.77. The molecule has 1 N–H and O–H groups in total. The van der Waals surface area contributed by atoms with Crippen molar-refractivity contribution in [2.75, 3.05) is 12.4 Å². The number of nitrogens with zero attached hydrogens (tertiary/aromatic N) is 3. The van der Waals surface area contributed by atoms with Gasteiger partial charge in [-0.25, -0.2) is 0 Å². The second-order valence-electron chi connectivity index (χ2n) is 5.16. The predicted molar refractivity (Wildman–Crippen MR) is 88.3 cm³/mol. The molecule has 0 saturated heterocycles. The molecular weight excluding hydrogens is 308 g/mol. The van der Waals surface area contributed by atoms with Gasteiger partial charge in [0.1, 0.15) is 0 Å². The van der Waals surface area contributed by atoms with Crippen molar-refractivity contribution in [3.05, 3.63) is 48.7 Å². The molecule has 122 valence electrons. The van der Waals surface area contributed by atoms with Gasteiger partial charge in [-0.1, -0.05) is 18.2 Å². The summed E-state index contributed by atoms with van der Waals surface area (Å²) in [5.41, 5.74) is 2.22. The monoisotopic (exact) mass is 324 g/mol. The lowest BCUT2D eigenvalue weighted by Gasteiger charge is -2.07. The number of anilines is 1. The number of aromatic nitrogens is 3. The zero-order valence-corrected chi connectivity index (χ0v) is 13.1. The first-order valence-corrected chi connectivity index (χ1v) is 7.44. The second kappa shape index (κ2) is 6.91. The van der Waals surface area contributed by atoms with E-state index in [0.29, 0.717) is 11.5 Å². The molecule has 0 aliphatic carbocycles. The third kappa shape index (κ3) is 3.40. The van der Waals surface area contributed by atoms with Gasteiger partial charge in [-0.3, -0.25) is 14.0 Å². The third-order valence-corrected chi connectivity index (χ3v) is 3.50. The molecular formula is C17H16N4O3. The van der Waals surface area contributed by atoms with Crippen molar-refractivity contribution in [1.82, 2.24) is 14.6 Å². The Labute approximate surface area is 138 Å². The van der Waals surface area contributed by atoms with Crippen LogP contribution in [0, 0.1) is 0 Å². The van der Waals surface area contributed by atoms with E-state index in [1.165, 1.54) is 7.11 Å². The molecule has 7 heteroatoms. The maximum Gasteiger partial charge on any atom is 0.306 e. The van der Waals surface area contributed by atoms with Crippen LogP contribution in [-0.2, 0) is 14.3 Å². The first kappa shape index (κ1) is 15.7. The summed E-state index contributed by atoms with van der Waals surface area (Å²) in [4.78, 5) is 23.0. The Kier molecular flexibility index (Phi) is 4.51. The number of fused-ring (bicyclic) bond motifs is 1. The maximum absolute atomic E-state index is 11.9. The van der Waals surface area contributed by atoms with Crippen molar-refractivity contribution in [3.8, 4) is 11.4 Å². The van der Waals surface area contributed by atoms with E-state index in [2.05, 4.69) is 20.3 Å². The van der Waals surface area contributed by atoms with Crippen LogP contribution in [0.25, 0.3) is 17.0 Å². The van der Waals surface area contributed by atoms with Gasteiger partial charge in [0.2, 0.25) is 5.91 Å². The molecule has 1 aromatic carbocycles. The lowest BCUT2D eigenvalue weighted by Crippen LogP contribution is -2.13. The number of carbonyl (C=O) groups is 2. The normalized spacial score (nSPS) is 10.5. The van der Waals surface area contributed by atoms with Gasteiger partial charge in [-0.15, -0.1) is 10.2 Å². The van der Waals surface area contributed by atoms with Gasteiger partial charge in [0, 0.05) is 23.9 Å². The number of hydrogen-bond acceptors (Lipinski definition) is 5. The van der Waals surface area contributed by atoms with E-state index in [-0.39, 0.29) is 18.7 Å². The lowest BCUT2D eigenvalue weighted by atomic mass is 10.2. The standard InChI is InChI=1S/C17H16N4O3/c1-24-16(23)9-8-15(22)18-13-6-4-5-12(11-13)17-20-19-14-7-2-3-10-21(14)17/h2-7,10-11H,8-9H2,1H3,(H,18,22). The summed E-state index contributed by atoms with van der Waals surface area (Å²) in [5.74, 6) is 0.0359. The van der Waals surface area contributed by atoms with E-state index in [9.17, 15) is 9.59 Å². The number of benzene rings is 1. The number of nitrogens with one attached hydrogen (secondary N) is 1. The lowest BCUT2D eigenvalue weighted by molar-refractivity contribution is -0.141. The largest absolute Gasteiger partial charge is 0.469 e. The van der Waals surface area contributed by atoms with E-state index >= 15 is 0 Å². The number of carbonyl (C=O) groups excluding carboxylic acids is 2. The van der Waals surface area contributed by atoms with Crippen molar-refractivity contribution >= 4 is 23.2 Å². The molecule has 0 radical (unpaired) electrons. The van der Waals surface area contributed by atoms with Crippen LogP contribution in [0.5, 0.6) is 0 Å². The molecule has 1 amide bonds. The van der Waals surface area contributed by atoms with Crippen molar-refractivity contribution in [2.45, 2.75) is 12.8 Å². The topological polar surface area (TPSA) is 85.6 Å². The summed E-state index contributed by atoms with van der Waals surface area (Å²) in [7, 11) is 1.30. The fraction of sp³-hybridized carbons (Fsp3) is 0.176. The predicted octanol–water partition coefficient (Wildman–Crippen LogP) is 2.29. The van der Waals surface area contributed by atoms with Gasteiger partial charge in [-0.2, -0.15) is 0 Å². The van der Waals surface area contributed by atoms with Crippen LogP contribution in [0.2, 0.25) is 0 Å². The minimum atomic E-state index is -0.408. The highest BCUT2D eigenvalue weighted by Crippen LogP contribution is 2.21. The highest BCUT2D eigenvalue weighted by molar-refractivity contribution is 5.93. The molecule has 7 nitrogen and oxygen atoms in total. The molecule has 0 unspecified atom stereocenters. The van der Waals surface area contributed by atoms with Gasteiger partial charge in [0.25, 0.3) is 0 Å². The fourth-order valence-corrected chi connectivity index (χ4v) is 2.32. The Morgan fingerprint density at radius 1 is 1.12 bits per heavy atom. The minimum absolute atomic E-state index is 0.0524. The summed E-state index contributed by atoms with van der Waals surface area (Å²) in [6.07, 6.45) is 2.01. The van der Waals surface area contributed by atoms with Crippen LogP contribution in [0.15, 0.2) is 48.7 Å². The number of pyridine rings is 1. The van der Waals surface area contributed by atoms with Crippen LogP contribution in [-0.4, -0.2) is 33.6 Å². The van der Waals surface area contributed by atoms with Gasteiger partial charge < -0.3 is 10.1 Å². The number of amides is 1. The van der Waals surface area contributed by atoms with E-state index < -0.39 is 5.97 Å². The summed E-state index contributed by atoms with van der Waals surface area (Å²) in [5, 5.41) is 11.1. The van der Waals surface area contributed by atoms with E-state index in [4.69, 9.17) is 0 Å².